The molecule has 0 aromatic carbocycles. The van der Waals surface area contributed by atoms with E-state index in [2.05, 4.69) is 9.97 Å². The van der Waals surface area contributed by atoms with Crippen LogP contribution >= 0.6 is 11.3 Å². The first kappa shape index (κ1) is 11.2. The van der Waals surface area contributed by atoms with Crippen molar-refractivity contribution in [2.75, 3.05) is 0 Å². The highest BCUT2D eigenvalue weighted by atomic mass is 32.1. The maximum atomic E-state index is 12.2. The zero-order valence-corrected chi connectivity index (χ0v) is 10.9. The molecule has 5 heteroatoms. The number of thiophene rings is 1. The largest absolute Gasteiger partial charge is 0.461 e. The molecule has 0 aliphatic heterocycles. The van der Waals surface area contributed by atoms with E-state index in [4.69, 9.17) is 4.42 Å². The number of aryl methyl sites for hydroxylation is 2. The summed E-state index contributed by atoms with van der Waals surface area (Å²) in [5.74, 6) is 1.07. The fourth-order valence-electron chi connectivity index (χ4n) is 2.13. The van der Waals surface area contributed by atoms with Crippen molar-refractivity contribution in [1.82, 2.24) is 9.97 Å². The van der Waals surface area contributed by atoms with Crippen LogP contribution < -0.4 is 5.56 Å². The molecule has 0 aliphatic carbocycles. The van der Waals surface area contributed by atoms with Crippen LogP contribution in [0.3, 0.4) is 0 Å². The van der Waals surface area contributed by atoms with Gasteiger partial charge in [0.25, 0.3) is 5.56 Å². The third kappa shape index (κ3) is 1.59. The molecule has 0 aliphatic rings. The van der Waals surface area contributed by atoms with Gasteiger partial charge in [-0.2, -0.15) is 0 Å². The van der Waals surface area contributed by atoms with Crippen LogP contribution in [0.1, 0.15) is 17.4 Å². The van der Waals surface area contributed by atoms with E-state index in [1.165, 1.54) is 0 Å². The molecule has 3 aromatic heterocycles. The van der Waals surface area contributed by atoms with E-state index in [-0.39, 0.29) is 5.56 Å². The fraction of sp³-hybridized carbons (Fsp3) is 0.231. The molecule has 3 heterocycles. The Balaban J connectivity index is 2.33. The van der Waals surface area contributed by atoms with Crippen molar-refractivity contribution in [1.29, 1.82) is 0 Å². The third-order valence-corrected chi connectivity index (χ3v) is 4.01. The molecule has 0 bridgehead atoms. The van der Waals surface area contributed by atoms with Gasteiger partial charge in [0.2, 0.25) is 0 Å². The van der Waals surface area contributed by atoms with Crippen molar-refractivity contribution in [2.45, 2.75) is 20.3 Å². The molecule has 92 valence electrons. The van der Waals surface area contributed by atoms with Crippen molar-refractivity contribution < 1.29 is 4.42 Å². The van der Waals surface area contributed by atoms with Gasteiger partial charge in [0, 0.05) is 4.88 Å². The predicted molar refractivity (Wildman–Crippen MR) is 72.1 cm³/mol. The van der Waals surface area contributed by atoms with E-state index >= 15 is 0 Å². The number of aromatic nitrogens is 2. The van der Waals surface area contributed by atoms with Gasteiger partial charge < -0.3 is 9.40 Å². The van der Waals surface area contributed by atoms with Gasteiger partial charge in [0.1, 0.15) is 4.83 Å². The molecule has 3 rings (SSSR count). The molecule has 0 saturated heterocycles. The Morgan fingerprint density at radius 1 is 1.50 bits per heavy atom. The topological polar surface area (TPSA) is 58.9 Å². The molecular formula is C13H12N2O2S. The molecule has 0 spiro atoms. The second kappa shape index (κ2) is 4.10. The highest BCUT2D eigenvalue weighted by Gasteiger charge is 2.14. The molecule has 4 nitrogen and oxygen atoms in total. The van der Waals surface area contributed by atoms with E-state index in [0.29, 0.717) is 11.6 Å². The van der Waals surface area contributed by atoms with Crippen LogP contribution in [-0.2, 0) is 6.42 Å². The summed E-state index contributed by atoms with van der Waals surface area (Å²) < 4.78 is 5.26. The average molecular weight is 260 g/mol. The Hall–Kier alpha value is -1.88. The van der Waals surface area contributed by atoms with Gasteiger partial charge >= 0.3 is 0 Å². The molecule has 0 unspecified atom stereocenters. The molecule has 0 fully saturated rings. The first-order chi connectivity index (χ1) is 8.70. The number of fused-ring (bicyclic) bond motifs is 1. The Kier molecular flexibility index (Phi) is 2.56. The van der Waals surface area contributed by atoms with Crippen LogP contribution in [0, 0.1) is 6.92 Å². The summed E-state index contributed by atoms with van der Waals surface area (Å²) in [5.41, 5.74) is 1.00. The van der Waals surface area contributed by atoms with Gasteiger partial charge in [-0.25, -0.2) is 4.98 Å². The lowest BCUT2D eigenvalue weighted by atomic mass is 10.1. The third-order valence-electron chi connectivity index (χ3n) is 2.97. The second-order valence-corrected chi connectivity index (χ2v) is 5.27. The number of nitrogens with zero attached hydrogens (tertiary/aromatic N) is 1. The van der Waals surface area contributed by atoms with Crippen LogP contribution in [0.5, 0.6) is 0 Å². The van der Waals surface area contributed by atoms with Gasteiger partial charge in [-0.15, -0.1) is 11.3 Å². The second-order valence-electron chi connectivity index (χ2n) is 4.06. The van der Waals surface area contributed by atoms with Crippen molar-refractivity contribution in [3.63, 3.8) is 0 Å². The van der Waals surface area contributed by atoms with Gasteiger partial charge in [-0.3, -0.25) is 4.79 Å². The van der Waals surface area contributed by atoms with Crippen LogP contribution in [0.4, 0.5) is 0 Å². The predicted octanol–water partition coefficient (Wildman–Crippen LogP) is 3.12. The smallest absolute Gasteiger partial charge is 0.260 e. The average Bonchev–Trinajstić information content (AvgIpc) is 2.95. The maximum absolute atomic E-state index is 12.2. The molecule has 0 saturated carbocycles. The molecular weight excluding hydrogens is 248 g/mol. The van der Waals surface area contributed by atoms with Gasteiger partial charge in [-0.05, 0) is 31.0 Å². The van der Waals surface area contributed by atoms with Gasteiger partial charge in [0.15, 0.2) is 11.6 Å². The van der Waals surface area contributed by atoms with Crippen molar-refractivity contribution in [3.05, 3.63) is 39.2 Å². The minimum atomic E-state index is -0.0902. The van der Waals surface area contributed by atoms with Gasteiger partial charge in [0.05, 0.1) is 11.6 Å². The lowest BCUT2D eigenvalue weighted by molar-refractivity contribution is 0.577. The number of H-pyrrole nitrogens is 1. The SMILES string of the molecule is CCc1c(C)sc2nc(-c3ccco3)[nH]c(=O)c12. The first-order valence-corrected chi connectivity index (χ1v) is 6.58. The first-order valence-electron chi connectivity index (χ1n) is 5.77. The fourth-order valence-corrected chi connectivity index (χ4v) is 3.25. The minimum Gasteiger partial charge on any atom is -0.461 e. The standard InChI is InChI=1S/C13H12N2O2S/c1-3-8-7(2)18-13-10(8)12(16)14-11(15-13)9-5-4-6-17-9/h4-6H,3H2,1-2H3,(H,14,15,16). The summed E-state index contributed by atoms with van der Waals surface area (Å²) >= 11 is 1.56. The number of hydrogen-bond donors (Lipinski definition) is 1. The zero-order chi connectivity index (χ0) is 12.7. The highest BCUT2D eigenvalue weighted by Crippen LogP contribution is 2.28. The lowest BCUT2D eigenvalue weighted by Crippen LogP contribution is -2.09. The summed E-state index contributed by atoms with van der Waals surface area (Å²) in [6.45, 7) is 4.07. The van der Waals surface area contributed by atoms with Crippen LogP contribution in [0.15, 0.2) is 27.6 Å². The van der Waals surface area contributed by atoms with Crippen LogP contribution in [-0.4, -0.2) is 9.97 Å². The zero-order valence-electron chi connectivity index (χ0n) is 10.1. The summed E-state index contributed by atoms with van der Waals surface area (Å²) in [7, 11) is 0. The van der Waals surface area contributed by atoms with E-state index in [9.17, 15) is 4.79 Å². The van der Waals surface area contributed by atoms with E-state index in [1.54, 1.807) is 29.7 Å². The Morgan fingerprint density at radius 2 is 2.33 bits per heavy atom. The minimum absolute atomic E-state index is 0.0902. The number of nitrogens with one attached hydrogen (secondary N) is 1. The monoisotopic (exact) mass is 260 g/mol. The van der Waals surface area contributed by atoms with Crippen molar-refractivity contribution in [3.8, 4) is 11.6 Å². The quantitative estimate of drug-likeness (QED) is 0.770. The van der Waals surface area contributed by atoms with E-state index in [0.717, 1.165) is 27.1 Å². The highest BCUT2D eigenvalue weighted by molar-refractivity contribution is 7.18. The number of furan rings is 1. The Bertz CT molecular complexity index is 753. The molecule has 3 aromatic rings. The van der Waals surface area contributed by atoms with Crippen LogP contribution in [0.25, 0.3) is 21.8 Å². The van der Waals surface area contributed by atoms with Crippen molar-refractivity contribution >= 4 is 21.6 Å². The summed E-state index contributed by atoms with van der Waals surface area (Å²) in [6.07, 6.45) is 2.41. The Morgan fingerprint density at radius 3 is 3.00 bits per heavy atom. The summed E-state index contributed by atoms with van der Waals surface area (Å²) in [4.78, 5) is 21.4. The Labute approximate surface area is 107 Å². The molecule has 0 atom stereocenters. The van der Waals surface area contributed by atoms with E-state index < -0.39 is 0 Å². The lowest BCUT2D eigenvalue weighted by Gasteiger charge is -1.98. The number of aromatic amines is 1. The summed E-state index contributed by atoms with van der Waals surface area (Å²) in [6, 6.07) is 3.56. The van der Waals surface area contributed by atoms with Crippen LogP contribution in [0.2, 0.25) is 0 Å². The maximum Gasteiger partial charge on any atom is 0.260 e. The normalized spacial score (nSPS) is 11.2. The van der Waals surface area contributed by atoms with Crippen molar-refractivity contribution in [2.24, 2.45) is 0 Å². The van der Waals surface area contributed by atoms with E-state index in [1.807, 2.05) is 13.8 Å². The molecule has 0 radical (unpaired) electrons. The molecule has 1 N–H and O–H groups in total. The number of hydrogen-bond acceptors (Lipinski definition) is 4. The summed E-state index contributed by atoms with van der Waals surface area (Å²) in [5, 5.41) is 0.718. The number of rotatable bonds is 2. The molecule has 18 heavy (non-hydrogen) atoms. The van der Waals surface area contributed by atoms with Gasteiger partial charge in [-0.1, -0.05) is 6.92 Å². The molecule has 0 amide bonds.